The second kappa shape index (κ2) is 15.9. The van der Waals surface area contributed by atoms with Crippen LogP contribution in [0.25, 0.3) is 90.9 Å². The van der Waals surface area contributed by atoms with E-state index >= 15 is 35.1 Å². The van der Waals surface area contributed by atoms with Crippen LogP contribution < -0.4 is 9.97 Å². The monoisotopic (exact) mass is 972 g/mol. The third kappa shape index (κ3) is 6.39. The van der Waals surface area contributed by atoms with Crippen molar-refractivity contribution in [2.45, 2.75) is 0 Å². The summed E-state index contributed by atoms with van der Waals surface area (Å²) < 4.78 is 303. The van der Waals surface area contributed by atoms with Gasteiger partial charge >= 0.3 is 0 Å². The van der Waals surface area contributed by atoms with Gasteiger partial charge in [0.2, 0.25) is 23.3 Å². The van der Waals surface area contributed by atoms with E-state index in [1.165, 1.54) is 0 Å². The SMILES string of the molecule is Fc1c(F)c(F)c(-c2c3nc(c(-c4c(F)c(F)c(F)c(F)c4F)c4ccc([n-]4)c(-c4c(F)c(F)c(F)c(F)c4F)c4nc(c(-c5c(F)c(F)c(F)c(F)c5F)c5ccc2[n-]5)C=C4)C=C3)c(F)c1F. The summed E-state index contributed by atoms with van der Waals surface area (Å²) in [4.78, 5) is 15.6. The van der Waals surface area contributed by atoms with Gasteiger partial charge in [0.1, 0.15) is 0 Å². The predicted octanol–water partition coefficient (Wildman–Crippen LogP) is 13.4. The van der Waals surface area contributed by atoms with Crippen LogP contribution >= 0.6 is 0 Å². The lowest BCUT2D eigenvalue weighted by molar-refractivity contribution is 0.381. The molecular weight excluding hydrogens is 964 g/mol. The number of benzene rings is 4. The van der Waals surface area contributed by atoms with Crippen LogP contribution in [0.4, 0.5) is 87.8 Å². The van der Waals surface area contributed by atoms with Gasteiger partial charge in [-0.25, -0.2) is 97.8 Å². The molecule has 0 saturated carbocycles. The van der Waals surface area contributed by atoms with Crippen LogP contribution in [-0.4, -0.2) is 9.97 Å². The Bertz CT molecular complexity index is 3120. The normalized spacial score (nSPS) is 12.3. The van der Waals surface area contributed by atoms with E-state index in [-0.39, 0.29) is 0 Å². The van der Waals surface area contributed by atoms with Gasteiger partial charge in [-0.05, 0) is 46.6 Å². The molecule has 7 aromatic rings. The van der Waals surface area contributed by atoms with Gasteiger partial charge in [0.15, 0.2) is 93.1 Å². The second-order valence-corrected chi connectivity index (χ2v) is 14.1. The van der Waals surface area contributed by atoms with Crippen molar-refractivity contribution in [2.24, 2.45) is 0 Å². The molecule has 4 nitrogen and oxygen atoms in total. The zero-order chi connectivity index (χ0) is 49.3. The Morgan fingerprint density at radius 1 is 0.206 bits per heavy atom. The molecule has 0 N–H and O–H groups in total. The minimum Gasteiger partial charge on any atom is -0.657 e. The Kier molecular flexibility index (Phi) is 10.6. The number of hydrogen-bond acceptors (Lipinski definition) is 2. The van der Waals surface area contributed by atoms with Crippen molar-refractivity contribution in [3.8, 4) is 44.5 Å². The van der Waals surface area contributed by atoms with Gasteiger partial charge in [-0.15, -0.1) is 22.1 Å². The summed E-state index contributed by atoms with van der Waals surface area (Å²) in [5.41, 5.74) is -21.6. The molecule has 0 aliphatic carbocycles. The fourth-order valence-corrected chi connectivity index (χ4v) is 7.41. The van der Waals surface area contributed by atoms with Crippen LogP contribution in [0, 0.1) is 116 Å². The highest BCUT2D eigenvalue weighted by Crippen LogP contribution is 2.44. The summed E-state index contributed by atoms with van der Waals surface area (Å²) in [6.07, 6.45) is 2.26. The van der Waals surface area contributed by atoms with Crippen LogP contribution in [-0.2, 0) is 0 Å². The highest BCUT2D eigenvalue weighted by molar-refractivity contribution is 6.00. The van der Waals surface area contributed by atoms with Crippen LogP contribution in [0.1, 0.15) is 22.8 Å². The lowest BCUT2D eigenvalue weighted by Crippen LogP contribution is -2.06. The smallest absolute Gasteiger partial charge is 0.200 e. The van der Waals surface area contributed by atoms with Crippen LogP contribution in [0.2, 0.25) is 0 Å². The Morgan fingerprint density at radius 3 is 0.515 bits per heavy atom. The first-order valence-corrected chi connectivity index (χ1v) is 18.2. The summed E-state index contributed by atoms with van der Waals surface area (Å²) in [6.45, 7) is 0. The maximum atomic E-state index is 15.8. The molecule has 0 atom stereocenters. The predicted molar refractivity (Wildman–Crippen MR) is 198 cm³/mol. The van der Waals surface area contributed by atoms with E-state index in [0.717, 1.165) is 0 Å². The van der Waals surface area contributed by atoms with Crippen LogP contribution in [0.15, 0.2) is 24.3 Å². The highest BCUT2D eigenvalue weighted by Gasteiger charge is 2.33. The highest BCUT2D eigenvalue weighted by atomic mass is 19.2. The standard InChI is InChI=1S/C44H8F20N4/c45-25-21(26(46)34(54)41(61)33(25)53)17-9-1-2-10(65-9)18(22-27(47)35(55)42(62)36(56)28(22)48)12-5-6-14(67-12)20(24-31(51)39(59)44(64)40(60)32(24)52)16-8-7-15(68-16)19(13-4-3-11(17)66-13)23-29(49)37(57)43(63)38(58)30(23)50/h1-8H/q-2. The van der Waals surface area contributed by atoms with Crippen molar-refractivity contribution < 1.29 is 87.8 Å². The van der Waals surface area contributed by atoms with Gasteiger partial charge < -0.3 is 9.97 Å². The summed E-state index contributed by atoms with van der Waals surface area (Å²) in [5, 5.41) is 0. The largest absolute Gasteiger partial charge is 0.657 e. The molecule has 346 valence electrons. The molecule has 0 amide bonds. The fourth-order valence-electron chi connectivity index (χ4n) is 7.41. The summed E-state index contributed by atoms with van der Waals surface area (Å²) >= 11 is 0. The maximum absolute atomic E-state index is 15.8. The van der Waals surface area contributed by atoms with Crippen molar-refractivity contribution in [1.29, 1.82) is 0 Å². The first-order chi connectivity index (χ1) is 32.1. The molecule has 8 bridgehead atoms. The molecule has 2 aliphatic rings. The molecule has 0 fully saturated rings. The quantitative estimate of drug-likeness (QED) is 0.100. The Labute approximate surface area is 361 Å². The minimum absolute atomic E-state index is 0.566. The van der Waals surface area contributed by atoms with Crippen molar-refractivity contribution in [2.75, 3.05) is 0 Å². The zero-order valence-electron chi connectivity index (χ0n) is 32.0. The Morgan fingerprint density at radius 2 is 0.353 bits per heavy atom. The second-order valence-electron chi connectivity index (χ2n) is 14.1. The molecule has 2 aliphatic heterocycles. The first kappa shape index (κ1) is 45.2. The van der Waals surface area contributed by atoms with Gasteiger partial charge in [0, 0.05) is 0 Å². The summed E-state index contributed by atoms with van der Waals surface area (Å²) in [7, 11) is 0. The summed E-state index contributed by atoms with van der Waals surface area (Å²) in [6, 6.07) is 2.26. The van der Waals surface area contributed by atoms with Crippen molar-refractivity contribution in [3.05, 3.63) is 163 Å². The maximum Gasteiger partial charge on any atom is 0.200 e. The number of nitrogens with zero attached hydrogens (tertiary/aromatic N) is 4. The van der Waals surface area contributed by atoms with Crippen LogP contribution in [0.5, 0.6) is 0 Å². The van der Waals surface area contributed by atoms with Crippen LogP contribution in [0.3, 0.4) is 0 Å². The first-order valence-electron chi connectivity index (χ1n) is 18.2. The molecule has 0 radical (unpaired) electrons. The number of rotatable bonds is 4. The molecule has 68 heavy (non-hydrogen) atoms. The molecule has 4 aromatic carbocycles. The van der Waals surface area contributed by atoms with Crippen molar-refractivity contribution in [3.63, 3.8) is 0 Å². The molecule has 9 rings (SSSR count). The van der Waals surface area contributed by atoms with Crippen molar-refractivity contribution >= 4 is 46.4 Å². The van der Waals surface area contributed by atoms with E-state index in [1.54, 1.807) is 0 Å². The number of hydrogen-bond donors (Lipinski definition) is 0. The Hall–Kier alpha value is -7.92. The van der Waals surface area contributed by atoms with Gasteiger partial charge in [0.05, 0.1) is 45.0 Å². The Balaban J connectivity index is 1.60. The molecule has 24 heteroatoms. The topological polar surface area (TPSA) is 54.0 Å². The van der Waals surface area contributed by atoms with Crippen molar-refractivity contribution in [1.82, 2.24) is 19.9 Å². The van der Waals surface area contributed by atoms with E-state index in [1.807, 2.05) is 0 Å². The molecule has 3 aromatic heterocycles. The summed E-state index contributed by atoms with van der Waals surface area (Å²) in [5.74, 6) is -53.1. The molecule has 0 saturated heterocycles. The van der Waals surface area contributed by atoms with Gasteiger partial charge in [0.25, 0.3) is 0 Å². The van der Waals surface area contributed by atoms with E-state index < -0.39 is 206 Å². The lowest BCUT2D eigenvalue weighted by atomic mass is 10.0. The van der Waals surface area contributed by atoms with E-state index in [4.69, 9.17) is 0 Å². The zero-order valence-corrected chi connectivity index (χ0v) is 32.0. The molecule has 0 spiro atoms. The number of aromatic nitrogens is 4. The van der Waals surface area contributed by atoms with Gasteiger partial charge in [-0.2, -0.15) is 0 Å². The van der Waals surface area contributed by atoms with Gasteiger partial charge in [-0.1, -0.05) is 24.3 Å². The molecular formula is C44H8F20N4-2. The fraction of sp³-hybridized carbons (Fsp3) is 0. The average molecular weight is 973 g/mol. The number of halogens is 20. The molecule has 5 heterocycles. The molecule has 0 unspecified atom stereocenters. The average Bonchev–Trinajstić information content (AvgIpc) is 4.18. The van der Waals surface area contributed by atoms with Gasteiger partial charge in [-0.3, -0.25) is 0 Å². The third-order valence-electron chi connectivity index (χ3n) is 10.4. The van der Waals surface area contributed by atoms with E-state index in [9.17, 15) is 52.7 Å². The van der Waals surface area contributed by atoms with E-state index in [2.05, 4.69) is 19.9 Å². The number of fused-ring (bicyclic) bond motifs is 8. The third-order valence-corrected chi connectivity index (χ3v) is 10.4. The lowest BCUT2D eigenvalue weighted by Gasteiger charge is -2.16. The van der Waals surface area contributed by atoms with E-state index in [0.29, 0.717) is 48.6 Å². The minimum atomic E-state index is -2.73.